The Morgan fingerprint density at radius 2 is 2.19 bits per heavy atom. The molecule has 1 unspecified atom stereocenters. The van der Waals surface area contributed by atoms with Gasteiger partial charge in [0, 0.05) is 19.2 Å². The summed E-state index contributed by atoms with van der Waals surface area (Å²) in [5.74, 6) is 6.84. The number of rotatable bonds is 5. The van der Waals surface area contributed by atoms with Crippen molar-refractivity contribution >= 4 is 17.6 Å². The van der Waals surface area contributed by atoms with Gasteiger partial charge < -0.3 is 16.1 Å². The highest BCUT2D eigenvalue weighted by Crippen LogP contribution is 2.18. The normalized spacial score (nSPS) is 12.2. The summed E-state index contributed by atoms with van der Waals surface area (Å²) in [6, 6.07) is 2.19. The van der Waals surface area contributed by atoms with Crippen molar-refractivity contribution in [1.82, 2.24) is 9.97 Å². The van der Waals surface area contributed by atoms with Crippen molar-refractivity contribution in [2.75, 3.05) is 23.1 Å². The first kappa shape index (κ1) is 12.5. The smallest absolute Gasteiger partial charge is 0.223 e. The van der Waals surface area contributed by atoms with Crippen LogP contribution in [-0.2, 0) is 0 Å². The molecule has 1 rings (SSSR count). The molecule has 6 heteroatoms. The van der Waals surface area contributed by atoms with Crippen molar-refractivity contribution in [2.45, 2.75) is 32.7 Å². The maximum atomic E-state index is 5.60. The Kier molecular flexibility index (Phi) is 4.30. The van der Waals surface area contributed by atoms with Crippen molar-refractivity contribution in [1.29, 1.82) is 0 Å². The molecule has 0 aliphatic heterocycles. The van der Waals surface area contributed by atoms with E-state index in [9.17, 15) is 0 Å². The molecule has 0 amide bonds. The molecule has 1 aromatic heterocycles. The molecule has 0 spiro atoms. The monoisotopic (exact) mass is 224 g/mol. The second kappa shape index (κ2) is 5.50. The molecule has 0 saturated carbocycles. The number of anilines is 3. The molecule has 0 fully saturated rings. The predicted octanol–water partition coefficient (Wildman–Crippen LogP) is 0.969. The molecule has 1 heterocycles. The van der Waals surface area contributed by atoms with Crippen molar-refractivity contribution in [3.8, 4) is 0 Å². The third-order valence-corrected chi connectivity index (χ3v) is 2.61. The molecule has 1 atom stereocenters. The average Bonchev–Trinajstić information content (AvgIpc) is 2.27. The lowest BCUT2D eigenvalue weighted by Gasteiger charge is -2.25. The lowest BCUT2D eigenvalue weighted by molar-refractivity contribution is 0.611. The van der Waals surface area contributed by atoms with Crippen LogP contribution in [-0.4, -0.2) is 23.1 Å². The predicted molar refractivity (Wildman–Crippen MR) is 67.0 cm³/mol. The van der Waals surface area contributed by atoms with E-state index >= 15 is 0 Å². The van der Waals surface area contributed by atoms with E-state index in [1.807, 2.05) is 7.05 Å². The molecule has 5 N–H and O–H groups in total. The van der Waals surface area contributed by atoms with E-state index < -0.39 is 0 Å². The molecule has 0 radical (unpaired) electrons. The van der Waals surface area contributed by atoms with Gasteiger partial charge in [-0.25, -0.2) is 5.84 Å². The molecule has 1 aromatic rings. The van der Waals surface area contributed by atoms with Gasteiger partial charge in [0.25, 0.3) is 0 Å². The number of nitrogens with one attached hydrogen (secondary N) is 1. The van der Waals surface area contributed by atoms with Crippen LogP contribution >= 0.6 is 0 Å². The van der Waals surface area contributed by atoms with Crippen LogP contribution in [0, 0.1) is 0 Å². The Bertz CT molecular complexity index is 340. The van der Waals surface area contributed by atoms with E-state index in [0.29, 0.717) is 11.9 Å². The van der Waals surface area contributed by atoms with Gasteiger partial charge in [-0.2, -0.15) is 9.97 Å². The number of nitrogens with two attached hydrogens (primary N) is 2. The van der Waals surface area contributed by atoms with E-state index in [1.54, 1.807) is 6.07 Å². The molecule has 0 aliphatic carbocycles. The maximum absolute atomic E-state index is 5.60. The van der Waals surface area contributed by atoms with Crippen molar-refractivity contribution in [3.05, 3.63) is 6.07 Å². The Hall–Kier alpha value is -1.56. The molecule has 0 bridgehead atoms. The molecule has 0 aliphatic rings. The fourth-order valence-electron chi connectivity index (χ4n) is 1.54. The highest BCUT2D eigenvalue weighted by atomic mass is 15.3. The van der Waals surface area contributed by atoms with Crippen LogP contribution in [0.2, 0.25) is 0 Å². The Balaban J connectivity index is 2.89. The number of nitrogens with zero attached hydrogens (tertiary/aromatic N) is 3. The van der Waals surface area contributed by atoms with Crippen molar-refractivity contribution in [3.63, 3.8) is 0 Å². The van der Waals surface area contributed by atoms with E-state index in [-0.39, 0.29) is 5.95 Å². The molecule has 0 aromatic carbocycles. The van der Waals surface area contributed by atoms with Gasteiger partial charge >= 0.3 is 0 Å². The summed E-state index contributed by atoms with van der Waals surface area (Å²) in [4.78, 5) is 10.2. The molecular weight excluding hydrogens is 204 g/mol. The molecule has 6 nitrogen and oxygen atoms in total. The summed E-state index contributed by atoms with van der Waals surface area (Å²) in [6.45, 7) is 4.31. The minimum absolute atomic E-state index is 0.223. The largest absolute Gasteiger partial charge is 0.368 e. The quantitative estimate of drug-likeness (QED) is 0.509. The lowest BCUT2D eigenvalue weighted by atomic mass is 10.2. The van der Waals surface area contributed by atoms with E-state index in [0.717, 1.165) is 18.7 Å². The third kappa shape index (κ3) is 2.96. The Morgan fingerprint density at radius 3 is 2.75 bits per heavy atom. The van der Waals surface area contributed by atoms with Crippen LogP contribution in [0.3, 0.4) is 0 Å². The van der Waals surface area contributed by atoms with Gasteiger partial charge in [0.2, 0.25) is 5.95 Å². The van der Waals surface area contributed by atoms with Crippen LogP contribution in [0.25, 0.3) is 0 Å². The van der Waals surface area contributed by atoms with Gasteiger partial charge in [-0.05, 0) is 13.3 Å². The first-order chi connectivity index (χ1) is 7.58. The van der Waals surface area contributed by atoms with Crippen molar-refractivity contribution in [2.24, 2.45) is 5.84 Å². The SMILES string of the molecule is CCCC(C)N(C)c1cc(NN)nc(N)n1. The number of hydrogen-bond acceptors (Lipinski definition) is 6. The summed E-state index contributed by atoms with van der Waals surface area (Å²) in [5, 5.41) is 0. The fraction of sp³-hybridized carbons (Fsp3) is 0.600. The highest BCUT2D eigenvalue weighted by molar-refractivity contribution is 5.52. The van der Waals surface area contributed by atoms with E-state index in [1.165, 1.54) is 0 Å². The summed E-state index contributed by atoms with van der Waals surface area (Å²) in [6.07, 6.45) is 2.24. The zero-order chi connectivity index (χ0) is 12.1. The fourth-order valence-corrected chi connectivity index (χ4v) is 1.54. The van der Waals surface area contributed by atoms with Gasteiger partial charge in [0.15, 0.2) is 0 Å². The molecule has 16 heavy (non-hydrogen) atoms. The minimum atomic E-state index is 0.223. The van der Waals surface area contributed by atoms with Crippen LogP contribution in [0.15, 0.2) is 6.07 Å². The van der Waals surface area contributed by atoms with Gasteiger partial charge in [-0.3, -0.25) is 0 Å². The summed E-state index contributed by atoms with van der Waals surface area (Å²) in [7, 11) is 1.99. The third-order valence-electron chi connectivity index (χ3n) is 2.61. The van der Waals surface area contributed by atoms with Crippen LogP contribution in [0.5, 0.6) is 0 Å². The van der Waals surface area contributed by atoms with E-state index in [2.05, 4.69) is 34.1 Å². The van der Waals surface area contributed by atoms with Crippen LogP contribution < -0.4 is 21.9 Å². The second-order valence-electron chi connectivity index (χ2n) is 3.86. The Morgan fingerprint density at radius 1 is 1.50 bits per heavy atom. The summed E-state index contributed by atoms with van der Waals surface area (Å²) >= 11 is 0. The number of aromatic nitrogens is 2. The van der Waals surface area contributed by atoms with Crippen molar-refractivity contribution < 1.29 is 0 Å². The van der Waals surface area contributed by atoms with Gasteiger partial charge in [0.1, 0.15) is 11.6 Å². The molecule has 90 valence electrons. The zero-order valence-corrected chi connectivity index (χ0v) is 10.1. The minimum Gasteiger partial charge on any atom is -0.368 e. The van der Waals surface area contributed by atoms with Gasteiger partial charge in [-0.15, -0.1) is 0 Å². The highest BCUT2D eigenvalue weighted by Gasteiger charge is 2.12. The number of hydrogen-bond donors (Lipinski definition) is 3. The molecular formula is C10H20N6. The van der Waals surface area contributed by atoms with Crippen LogP contribution in [0.4, 0.5) is 17.6 Å². The van der Waals surface area contributed by atoms with Crippen LogP contribution in [0.1, 0.15) is 26.7 Å². The van der Waals surface area contributed by atoms with Gasteiger partial charge in [-0.1, -0.05) is 13.3 Å². The number of hydrazine groups is 1. The Labute approximate surface area is 96.0 Å². The first-order valence-electron chi connectivity index (χ1n) is 5.42. The molecule has 0 saturated heterocycles. The second-order valence-corrected chi connectivity index (χ2v) is 3.86. The topological polar surface area (TPSA) is 93.1 Å². The van der Waals surface area contributed by atoms with E-state index in [4.69, 9.17) is 11.6 Å². The standard InChI is InChI=1S/C10H20N6/c1-4-5-7(2)16(3)9-6-8(15-12)13-10(11)14-9/h6-7H,4-5,12H2,1-3H3,(H3,11,13,14,15). The first-order valence-corrected chi connectivity index (χ1v) is 5.42. The summed E-state index contributed by atoms with van der Waals surface area (Å²) < 4.78 is 0. The summed E-state index contributed by atoms with van der Waals surface area (Å²) in [5.41, 5.74) is 8.08. The lowest BCUT2D eigenvalue weighted by Crippen LogP contribution is -2.29. The zero-order valence-electron chi connectivity index (χ0n) is 10.1. The number of nitrogen functional groups attached to an aromatic ring is 2. The maximum Gasteiger partial charge on any atom is 0.223 e. The average molecular weight is 224 g/mol. The van der Waals surface area contributed by atoms with Gasteiger partial charge in [0.05, 0.1) is 0 Å².